The first kappa shape index (κ1) is 29.0. The molecule has 4 rings (SSSR count). The number of nitrogens with one attached hydrogen (secondary N) is 2. The van der Waals surface area contributed by atoms with Gasteiger partial charge in [0.2, 0.25) is 11.8 Å². The van der Waals surface area contributed by atoms with Crippen molar-refractivity contribution in [2.75, 3.05) is 66.5 Å². The predicted molar refractivity (Wildman–Crippen MR) is 145 cm³/mol. The Balaban J connectivity index is 1.38. The largest absolute Gasteiger partial charge is 0.477 e. The molecular formula is C26H43N6O5S+. The number of nitrogens with zero attached hydrogens (tertiary/aromatic N) is 3. The minimum absolute atomic E-state index is 0.0423. The van der Waals surface area contributed by atoms with Gasteiger partial charge in [0.25, 0.3) is 0 Å². The van der Waals surface area contributed by atoms with Crippen LogP contribution < -0.4 is 16.4 Å². The molecule has 3 saturated heterocycles. The van der Waals surface area contributed by atoms with Crippen molar-refractivity contribution in [3.8, 4) is 0 Å². The number of carboxylic acids is 1. The van der Waals surface area contributed by atoms with Crippen molar-refractivity contribution >= 4 is 35.3 Å². The first-order valence-electron chi connectivity index (χ1n) is 13.7. The van der Waals surface area contributed by atoms with Crippen molar-refractivity contribution in [1.29, 1.82) is 0 Å². The normalized spacial score (nSPS) is 31.3. The van der Waals surface area contributed by atoms with Gasteiger partial charge in [0, 0.05) is 35.6 Å². The molecule has 0 bridgehead atoms. The maximum atomic E-state index is 13.2. The molecule has 0 aromatic carbocycles. The Morgan fingerprint density at radius 1 is 1.29 bits per heavy atom. The van der Waals surface area contributed by atoms with Gasteiger partial charge in [-0.2, -0.15) is 0 Å². The number of thioether (sulfide) groups is 1. The fraction of sp³-hybridized carbons (Fsp3) is 0.769. The number of hydrogen-bond acceptors (Lipinski definition) is 8. The van der Waals surface area contributed by atoms with E-state index < -0.39 is 5.97 Å². The van der Waals surface area contributed by atoms with Crippen molar-refractivity contribution in [2.45, 2.75) is 44.0 Å². The molecule has 5 N–H and O–H groups in total. The van der Waals surface area contributed by atoms with E-state index in [1.807, 2.05) is 18.7 Å². The number of piperazine rings is 1. The van der Waals surface area contributed by atoms with Gasteiger partial charge in [-0.05, 0) is 19.4 Å². The number of fused-ring (bicyclic) bond motifs is 1. The lowest BCUT2D eigenvalue weighted by Gasteiger charge is -2.47. The average molecular weight is 552 g/mol. The predicted octanol–water partition coefficient (Wildman–Crippen LogP) is -0.715. The second kappa shape index (κ2) is 11.6. The number of Topliss-reactive ketones (excluding diaryl/α,β-unsaturated/α-hetero) is 1. The number of ketones is 1. The molecule has 0 radical (unpaired) electrons. The number of carboxylic acid groups (broad SMARTS) is 1. The van der Waals surface area contributed by atoms with Crippen LogP contribution in [-0.2, 0) is 19.2 Å². The van der Waals surface area contributed by atoms with Gasteiger partial charge in [-0.25, -0.2) is 4.79 Å². The van der Waals surface area contributed by atoms with Crippen LogP contribution in [-0.4, -0.2) is 127 Å². The van der Waals surface area contributed by atoms with E-state index in [1.165, 1.54) is 16.7 Å². The standard InChI is InChI=1S/C26H42N6O5S/c1-15(11-17(33)13-28-3)20-21-16(2)23(22(26(36)37)31(21)25(20)35)38-18-12-19(29-14-18)24(34)30-6-9-32(4,8-5-27)10-7-30/h15-16,18-21,28-29H,5-14,27H2,1-4H3/p+1/t15-,16+,18-,19-,20+,21+/m0/s1. The molecule has 6 atom stereocenters. The highest BCUT2D eigenvalue weighted by atomic mass is 32.2. The van der Waals surface area contributed by atoms with Crippen LogP contribution in [0.5, 0.6) is 0 Å². The van der Waals surface area contributed by atoms with Crippen LogP contribution in [0.15, 0.2) is 10.6 Å². The maximum Gasteiger partial charge on any atom is 0.353 e. The number of amides is 2. The Hall–Kier alpha value is -1.99. The summed E-state index contributed by atoms with van der Waals surface area (Å²) in [5.41, 5.74) is 5.83. The molecular weight excluding hydrogens is 508 g/mol. The minimum atomic E-state index is -1.10. The fourth-order valence-corrected chi connectivity index (χ4v) is 8.09. The van der Waals surface area contributed by atoms with Crippen LogP contribution in [0.4, 0.5) is 0 Å². The van der Waals surface area contributed by atoms with Crippen LogP contribution in [0.25, 0.3) is 0 Å². The Labute approximate surface area is 229 Å². The molecule has 38 heavy (non-hydrogen) atoms. The summed E-state index contributed by atoms with van der Waals surface area (Å²) >= 11 is 1.50. The first-order valence-corrected chi connectivity index (χ1v) is 14.6. The van der Waals surface area contributed by atoms with Crippen LogP contribution in [0, 0.1) is 17.8 Å². The average Bonchev–Trinajstić information content (AvgIpc) is 3.41. The molecule has 3 fully saturated rings. The molecule has 2 amide bonds. The number of carbonyl (C=O) groups is 4. The number of carbonyl (C=O) groups excluding carboxylic acids is 3. The van der Waals surface area contributed by atoms with Crippen molar-refractivity contribution in [1.82, 2.24) is 20.4 Å². The van der Waals surface area contributed by atoms with Gasteiger partial charge in [-0.1, -0.05) is 13.8 Å². The van der Waals surface area contributed by atoms with E-state index in [0.717, 1.165) is 24.1 Å². The summed E-state index contributed by atoms with van der Waals surface area (Å²) in [6, 6.07) is -0.524. The van der Waals surface area contributed by atoms with Crippen molar-refractivity contribution in [2.24, 2.45) is 23.5 Å². The summed E-state index contributed by atoms with van der Waals surface area (Å²) in [4.78, 5) is 54.8. The lowest BCUT2D eigenvalue weighted by Crippen LogP contribution is -2.62. The van der Waals surface area contributed by atoms with Crippen molar-refractivity contribution < 1.29 is 28.8 Å². The Morgan fingerprint density at radius 2 is 1.97 bits per heavy atom. The highest BCUT2D eigenvalue weighted by molar-refractivity contribution is 8.03. The van der Waals surface area contributed by atoms with E-state index >= 15 is 0 Å². The first-order chi connectivity index (χ1) is 18.0. The Morgan fingerprint density at radius 3 is 2.58 bits per heavy atom. The number of rotatable bonds is 11. The molecule has 0 spiro atoms. The van der Waals surface area contributed by atoms with E-state index in [1.54, 1.807) is 7.05 Å². The minimum Gasteiger partial charge on any atom is -0.477 e. The molecule has 0 saturated carbocycles. The van der Waals surface area contributed by atoms with E-state index in [0.29, 0.717) is 37.5 Å². The third-order valence-corrected chi connectivity index (χ3v) is 10.3. The molecule has 0 aliphatic carbocycles. The summed E-state index contributed by atoms with van der Waals surface area (Å²) < 4.78 is 0.889. The molecule has 4 aliphatic heterocycles. The van der Waals surface area contributed by atoms with E-state index in [4.69, 9.17) is 5.73 Å². The number of likely N-dealkylation sites (N-methyl/N-ethyl adjacent to an activating group) is 2. The molecule has 11 nitrogen and oxygen atoms in total. The molecule has 12 heteroatoms. The molecule has 212 valence electrons. The molecule has 0 aromatic heterocycles. The summed E-state index contributed by atoms with van der Waals surface area (Å²) in [6.45, 7) is 9.51. The topological polar surface area (TPSA) is 145 Å². The third-order valence-electron chi connectivity index (χ3n) is 8.81. The van der Waals surface area contributed by atoms with Crippen LogP contribution in [0.3, 0.4) is 0 Å². The van der Waals surface area contributed by atoms with Gasteiger partial charge >= 0.3 is 5.97 Å². The van der Waals surface area contributed by atoms with Crippen LogP contribution in [0.1, 0.15) is 26.7 Å². The van der Waals surface area contributed by atoms with Gasteiger partial charge in [-0.3, -0.25) is 14.4 Å². The lowest BCUT2D eigenvalue weighted by molar-refractivity contribution is -0.911. The van der Waals surface area contributed by atoms with E-state index in [2.05, 4.69) is 17.7 Å². The summed E-state index contributed by atoms with van der Waals surface area (Å²) in [7, 11) is 3.90. The Bertz CT molecular complexity index is 997. The zero-order chi connectivity index (χ0) is 27.8. The van der Waals surface area contributed by atoms with Crippen molar-refractivity contribution in [3.63, 3.8) is 0 Å². The van der Waals surface area contributed by atoms with Crippen LogP contribution in [0.2, 0.25) is 0 Å². The SMILES string of the molecule is CNCC(=O)C[C@H](C)[C@H]1C(=O)N2C(C(=O)O)=C(S[C@@H]3CN[C@H](C(=O)N4CC[N+](C)(CCN)CC4)C3)[C@H](C)[C@H]12. The lowest BCUT2D eigenvalue weighted by atomic mass is 9.73. The summed E-state index contributed by atoms with van der Waals surface area (Å²) in [6.07, 6.45) is 0.908. The van der Waals surface area contributed by atoms with Crippen molar-refractivity contribution in [3.05, 3.63) is 10.6 Å². The zero-order valence-corrected chi connectivity index (χ0v) is 23.8. The second-order valence-electron chi connectivity index (χ2n) is 11.6. The number of hydrogen-bond donors (Lipinski definition) is 4. The second-order valence-corrected chi connectivity index (χ2v) is 13.0. The van der Waals surface area contributed by atoms with E-state index in [-0.39, 0.29) is 71.3 Å². The van der Waals surface area contributed by atoms with Gasteiger partial charge in [0.15, 0.2) is 0 Å². The zero-order valence-electron chi connectivity index (χ0n) is 22.9. The molecule has 0 aromatic rings. The smallest absolute Gasteiger partial charge is 0.353 e. The number of quaternary nitrogens is 1. The van der Waals surface area contributed by atoms with Gasteiger partial charge in [0.1, 0.15) is 11.5 Å². The Kier molecular flexibility index (Phi) is 8.88. The number of nitrogens with two attached hydrogens (primary N) is 1. The number of aliphatic carboxylic acids is 1. The van der Waals surface area contributed by atoms with E-state index in [9.17, 15) is 24.3 Å². The fourth-order valence-electron chi connectivity index (χ4n) is 6.61. The van der Waals surface area contributed by atoms with Gasteiger partial charge in [-0.15, -0.1) is 11.8 Å². The molecule has 4 heterocycles. The van der Waals surface area contributed by atoms with Gasteiger partial charge in [0.05, 0.1) is 64.3 Å². The monoisotopic (exact) mass is 551 g/mol. The third kappa shape index (κ3) is 5.51. The quantitative estimate of drug-likeness (QED) is 0.193. The maximum absolute atomic E-state index is 13.2. The van der Waals surface area contributed by atoms with Gasteiger partial charge < -0.3 is 35.8 Å². The van der Waals surface area contributed by atoms with Crippen LogP contribution >= 0.6 is 11.8 Å². The summed E-state index contributed by atoms with van der Waals surface area (Å²) in [5, 5.41) is 16.3. The molecule has 4 aliphatic rings. The highest BCUT2D eigenvalue weighted by Gasteiger charge is 2.60. The number of β-lactam (4-membered cyclic amide) rings is 1. The molecule has 0 unspecified atom stereocenters. The summed E-state index contributed by atoms with van der Waals surface area (Å²) in [5.74, 6) is -1.81. The highest BCUT2D eigenvalue weighted by Crippen LogP contribution is 2.53.